The van der Waals surface area contributed by atoms with Crippen molar-refractivity contribution in [2.24, 2.45) is 7.05 Å². The van der Waals surface area contributed by atoms with Crippen LogP contribution in [0.25, 0.3) is 0 Å². The summed E-state index contributed by atoms with van der Waals surface area (Å²) in [5, 5.41) is 7.46. The Labute approximate surface area is 97.0 Å². The summed E-state index contributed by atoms with van der Waals surface area (Å²) >= 11 is 0. The zero-order valence-electron chi connectivity index (χ0n) is 10.4. The van der Waals surface area contributed by atoms with Gasteiger partial charge in [0, 0.05) is 20.2 Å². The normalized spacial score (nSPS) is 10.7. The molecule has 0 aliphatic heterocycles. The number of aryl methyl sites for hydroxylation is 2. The molecule has 0 fully saturated rings. The minimum absolute atomic E-state index is 0.698. The molecule has 1 aromatic heterocycles. The van der Waals surface area contributed by atoms with Crippen molar-refractivity contribution in [1.82, 2.24) is 9.78 Å². The van der Waals surface area contributed by atoms with E-state index in [1.807, 2.05) is 14.0 Å². The van der Waals surface area contributed by atoms with Crippen LogP contribution in [0.15, 0.2) is 0 Å². The summed E-state index contributed by atoms with van der Waals surface area (Å²) in [6, 6.07) is 0. The van der Waals surface area contributed by atoms with Gasteiger partial charge >= 0.3 is 0 Å². The smallest absolute Gasteiger partial charge is 0.147 e. The lowest BCUT2D eigenvalue weighted by atomic mass is 10.4. The molecule has 1 aromatic rings. The summed E-state index contributed by atoms with van der Waals surface area (Å²) < 4.78 is 7.21. The standard InChI is InChI=1S/C11H22N4O/c1-4-5-7-16-8-6-13-11-10(12)9(2)14-15(11)3/h13H,4-8,12H2,1-3H3. The second-order valence-electron chi connectivity index (χ2n) is 3.86. The quantitative estimate of drug-likeness (QED) is 0.692. The van der Waals surface area contributed by atoms with Crippen LogP contribution in [-0.4, -0.2) is 29.5 Å². The van der Waals surface area contributed by atoms with Crippen LogP contribution in [0.1, 0.15) is 25.5 Å². The van der Waals surface area contributed by atoms with Crippen molar-refractivity contribution in [3.05, 3.63) is 5.69 Å². The highest BCUT2D eigenvalue weighted by Crippen LogP contribution is 2.20. The molecule has 0 atom stereocenters. The Kier molecular flexibility index (Phi) is 5.11. The predicted molar refractivity (Wildman–Crippen MR) is 66.6 cm³/mol. The fraction of sp³-hybridized carbons (Fsp3) is 0.727. The van der Waals surface area contributed by atoms with Gasteiger partial charge in [-0.15, -0.1) is 0 Å². The van der Waals surface area contributed by atoms with Crippen molar-refractivity contribution in [1.29, 1.82) is 0 Å². The molecular weight excluding hydrogens is 204 g/mol. The van der Waals surface area contributed by atoms with E-state index in [4.69, 9.17) is 10.5 Å². The number of ether oxygens (including phenoxy) is 1. The van der Waals surface area contributed by atoms with Crippen LogP contribution in [0, 0.1) is 6.92 Å². The summed E-state index contributed by atoms with van der Waals surface area (Å²) in [6.07, 6.45) is 2.29. The second-order valence-corrected chi connectivity index (χ2v) is 3.86. The highest BCUT2D eigenvalue weighted by molar-refractivity contribution is 5.64. The summed E-state index contributed by atoms with van der Waals surface area (Å²) in [4.78, 5) is 0. The molecule has 0 unspecified atom stereocenters. The van der Waals surface area contributed by atoms with E-state index in [0.29, 0.717) is 6.61 Å². The van der Waals surface area contributed by atoms with Gasteiger partial charge < -0.3 is 15.8 Å². The number of nitrogens with zero attached hydrogens (tertiary/aromatic N) is 2. The molecule has 0 aromatic carbocycles. The largest absolute Gasteiger partial charge is 0.394 e. The van der Waals surface area contributed by atoms with Gasteiger partial charge in [-0.25, -0.2) is 0 Å². The zero-order valence-corrected chi connectivity index (χ0v) is 10.4. The predicted octanol–water partition coefficient (Wildman–Crippen LogP) is 1.54. The number of anilines is 2. The summed E-state index contributed by atoms with van der Waals surface area (Å²) in [5.74, 6) is 0.872. The molecule has 5 heteroatoms. The molecule has 1 rings (SSSR count). The summed E-state index contributed by atoms with van der Waals surface area (Å²) in [6.45, 7) is 6.34. The van der Waals surface area contributed by atoms with Gasteiger partial charge in [0.05, 0.1) is 18.0 Å². The van der Waals surface area contributed by atoms with Crippen LogP contribution in [0.5, 0.6) is 0 Å². The third-order valence-electron chi connectivity index (χ3n) is 2.45. The van der Waals surface area contributed by atoms with E-state index in [1.54, 1.807) is 4.68 Å². The Morgan fingerprint density at radius 1 is 1.44 bits per heavy atom. The number of aromatic nitrogens is 2. The Bertz CT molecular complexity index is 322. The molecule has 92 valence electrons. The van der Waals surface area contributed by atoms with Crippen molar-refractivity contribution in [3.63, 3.8) is 0 Å². The van der Waals surface area contributed by atoms with Crippen LogP contribution in [0.2, 0.25) is 0 Å². The lowest BCUT2D eigenvalue weighted by Gasteiger charge is -2.08. The number of hydrogen-bond acceptors (Lipinski definition) is 4. The van der Waals surface area contributed by atoms with E-state index in [9.17, 15) is 0 Å². The molecule has 0 spiro atoms. The Balaban J connectivity index is 2.26. The first kappa shape index (κ1) is 12.8. The van der Waals surface area contributed by atoms with Gasteiger partial charge in [0.1, 0.15) is 5.82 Å². The number of rotatable bonds is 7. The van der Waals surface area contributed by atoms with Crippen LogP contribution in [-0.2, 0) is 11.8 Å². The van der Waals surface area contributed by atoms with Crippen molar-refractivity contribution >= 4 is 11.5 Å². The Morgan fingerprint density at radius 3 is 2.75 bits per heavy atom. The van der Waals surface area contributed by atoms with Crippen LogP contribution in [0.4, 0.5) is 11.5 Å². The number of unbranched alkanes of at least 4 members (excludes halogenated alkanes) is 1. The van der Waals surface area contributed by atoms with Gasteiger partial charge in [-0.3, -0.25) is 4.68 Å². The summed E-state index contributed by atoms with van der Waals surface area (Å²) in [5.41, 5.74) is 7.46. The number of nitrogens with one attached hydrogen (secondary N) is 1. The summed E-state index contributed by atoms with van der Waals surface area (Å²) in [7, 11) is 1.88. The van der Waals surface area contributed by atoms with Crippen molar-refractivity contribution in [3.8, 4) is 0 Å². The van der Waals surface area contributed by atoms with Crippen molar-refractivity contribution in [2.75, 3.05) is 30.8 Å². The average molecular weight is 226 g/mol. The Hall–Kier alpha value is -1.23. The van der Waals surface area contributed by atoms with E-state index in [1.165, 1.54) is 6.42 Å². The highest BCUT2D eigenvalue weighted by Gasteiger charge is 2.08. The third-order valence-corrected chi connectivity index (χ3v) is 2.45. The molecule has 0 amide bonds. The molecule has 1 heterocycles. The molecule has 3 N–H and O–H groups in total. The zero-order chi connectivity index (χ0) is 12.0. The first-order chi connectivity index (χ1) is 7.66. The minimum Gasteiger partial charge on any atom is -0.394 e. The van der Waals surface area contributed by atoms with Crippen LogP contribution in [0.3, 0.4) is 0 Å². The second kappa shape index (κ2) is 6.37. The number of hydrogen-bond donors (Lipinski definition) is 2. The molecule has 0 saturated carbocycles. The minimum atomic E-state index is 0.698. The van der Waals surface area contributed by atoms with E-state index in [0.717, 1.165) is 36.8 Å². The molecule has 0 saturated heterocycles. The van der Waals surface area contributed by atoms with Crippen LogP contribution >= 0.6 is 0 Å². The average Bonchev–Trinajstić information content (AvgIpc) is 2.49. The fourth-order valence-corrected chi connectivity index (χ4v) is 1.47. The van der Waals surface area contributed by atoms with E-state index in [2.05, 4.69) is 17.3 Å². The molecule has 0 radical (unpaired) electrons. The van der Waals surface area contributed by atoms with E-state index in [-0.39, 0.29) is 0 Å². The van der Waals surface area contributed by atoms with Gasteiger partial charge in [0.15, 0.2) is 0 Å². The van der Waals surface area contributed by atoms with Gasteiger partial charge in [-0.1, -0.05) is 13.3 Å². The maximum atomic E-state index is 5.88. The molecule has 5 nitrogen and oxygen atoms in total. The van der Waals surface area contributed by atoms with Crippen molar-refractivity contribution < 1.29 is 4.74 Å². The first-order valence-corrected chi connectivity index (χ1v) is 5.77. The number of nitrogens with two attached hydrogens (primary N) is 1. The molecule has 0 aliphatic rings. The van der Waals surface area contributed by atoms with Crippen molar-refractivity contribution in [2.45, 2.75) is 26.7 Å². The lowest BCUT2D eigenvalue weighted by molar-refractivity contribution is 0.141. The maximum Gasteiger partial charge on any atom is 0.147 e. The SMILES string of the molecule is CCCCOCCNc1c(N)c(C)nn1C. The van der Waals surface area contributed by atoms with Gasteiger partial charge in [0.25, 0.3) is 0 Å². The van der Waals surface area contributed by atoms with Gasteiger partial charge in [0.2, 0.25) is 0 Å². The van der Waals surface area contributed by atoms with Gasteiger partial charge in [-0.05, 0) is 13.3 Å². The molecule has 0 bridgehead atoms. The fourth-order valence-electron chi connectivity index (χ4n) is 1.47. The molecule has 0 aliphatic carbocycles. The molecule has 16 heavy (non-hydrogen) atoms. The van der Waals surface area contributed by atoms with Gasteiger partial charge in [-0.2, -0.15) is 5.10 Å². The van der Waals surface area contributed by atoms with Crippen LogP contribution < -0.4 is 11.1 Å². The monoisotopic (exact) mass is 226 g/mol. The molecular formula is C11H22N4O. The first-order valence-electron chi connectivity index (χ1n) is 5.77. The topological polar surface area (TPSA) is 65.1 Å². The maximum absolute atomic E-state index is 5.88. The lowest BCUT2D eigenvalue weighted by Crippen LogP contribution is -2.13. The number of nitrogen functional groups attached to an aromatic ring is 1. The Morgan fingerprint density at radius 2 is 2.19 bits per heavy atom. The van der Waals surface area contributed by atoms with E-state index >= 15 is 0 Å². The highest BCUT2D eigenvalue weighted by atomic mass is 16.5. The van der Waals surface area contributed by atoms with E-state index < -0.39 is 0 Å². The third kappa shape index (κ3) is 3.41.